The average Bonchev–Trinajstić information content (AvgIpc) is 3.31. The van der Waals surface area contributed by atoms with Crippen molar-refractivity contribution in [3.63, 3.8) is 0 Å². The summed E-state index contributed by atoms with van der Waals surface area (Å²) in [4.78, 5) is 49.5. The van der Waals surface area contributed by atoms with E-state index in [4.69, 9.17) is 9.47 Å². The van der Waals surface area contributed by atoms with Crippen molar-refractivity contribution < 1.29 is 33.0 Å². The molecule has 1 aromatic heterocycles. The summed E-state index contributed by atoms with van der Waals surface area (Å²) in [5.74, 6) is -2.54. The molecule has 1 heterocycles. The van der Waals surface area contributed by atoms with Crippen LogP contribution in [0.4, 0.5) is 9.39 Å². The fourth-order valence-corrected chi connectivity index (χ4v) is 4.58. The third-order valence-electron chi connectivity index (χ3n) is 4.74. The molecule has 0 atom stereocenters. The molecule has 0 aliphatic heterocycles. The summed E-state index contributed by atoms with van der Waals surface area (Å²) in [5.41, 5.74) is 1.59. The maximum absolute atomic E-state index is 12.9. The Labute approximate surface area is 182 Å². The summed E-state index contributed by atoms with van der Waals surface area (Å²) in [7, 11) is 0. The van der Waals surface area contributed by atoms with Gasteiger partial charge in [-0.25, -0.2) is 9.18 Å². The monoisotopic (exact) mass is 447 g/mol. The van der Waals surface area contributed by atoms with Gasteiger partial charge < -0.3 is 14.8 Å². The Balaban J connectivity index is 1.50. The van der Waals surface area contributed by atoms with E-state index in [1.54, 1.807) is 6.92 Å². The molecule has 1 aliphatic rings. The van der Waals surface area contributed by atoms with E-state index in [9.17, 15) is 23.6 Å². The lowest BCUT2D eigenvalue weighted by atomic mass is 10.1. The fourth-order valence-electron chi connectivity index (χ4n) is 3.29. The van der Waals surface area contributed by atoms with E-state index in [0.717, 1.165) is 29.7 Å². The van der Waals surface area contributed by atoms with Gasteiger partial charge >= 0.3 is 11.9 Å². The first-order valence-corrected chi connectivity index (χ1v) is 10.8. The summed E-state index contributed by atoms with van der Waals surface area (Å²) >= 11 is 1.33. The summed E-state index contributed by atoms with van der Waals surface area (Å²) in [6.45, 7) is 1.41. The minimum Gasteiger partial charge on any atom is -0.462 e. The summed E-state index contributed by atoms with van der Waals surface area (Å²) in [5, 5.41) is 3.03. The number of aryl methyl sites for hydroxylation is 1. The molecule has 164 valence electrons. The Bertz CT molecular complexity index is 998. The van der Waals surface area contributed by atoms with Crippen LogP contribution in [0.1, 0.15) is 57.3 Å². The molecule has 0 radical (unpaired) electrons. The highest BCUT2D eigenvalue weighted by Gasteiger charge is 2.28. The molecule has 1 aliphatic carbocycles. The molecule has 1 amide bonds. The summed E-state index contributed by atoms with van der Waals surface area (Å²) < 4.78 is 22.9. The van der Waals surface area contributed by atoms with Gasteiger partial charge in [0.2, 0.25) is 0 Å². The number of esters is 2. The van der Waals surface area contributed by atoms with Crippen LogP contribution in [0.15, 0.2) is 24.3 Å². The molecule has 3 rings (SSSR count). The van der Waals surface area contributed by atoms with Crippen molar-refractivity contribution in [3.8, 4) is 0 Å². The fraction of sp³-hybridized carbons (Fsp3) is 0.364. The molecule has 1 N–H and O–H groups in total. The quantitative estimate of drug-likeness (QED) is 0.465. The Kier molecular flexibility index (Phi) is 7.51. The zero-order chi connectivity index (χ0) is 22.4. The van der Waals surface area contributed by atoms with Crippen LogP contribution in [-0.4, -0.2) is 36.8 Å². The number of anilines is 1. The molecule has 0 spiro atoms. The van der Waals surface area contributed by atoms with E-state index < -0.39 is 30.3 Å². The van der Waals surface area contributed by atoms with Crippen molar-refractivity contribution in [1.29, 1.82) is 0 Å². The molecule has 1 aromatic carbocycles. The SMILES string of the molecule is CCOC(=O)c1c(NC(=O)COC(=O)CCC(=O)c2ccc(F)cc2)sc2c1CCC2. The molecule has 0 saturated carbocycles. The van der Waals surface area contributed by atoms with Gasteiger partial charge in [0.1, 0.15) is 10.8 Å². The van der Waals surface area contributed by atoms with Crippen molar-refractivity contribution in [2.45, 2.75) is 39.0 Å². The van der Waals surface area contributed by atoms with E-state index in [1.807, 2.05) is 0 Å². The van der Waals surface area contributed by atoms with Gasteiger partial charge in [-0.1, -0.05) is 0 Å². The smallest absolute Gasteiger partial charge is 0.341 e. The Morgan fingerprint density at radius 2 is 1.81 bits per heavy atom. The minimum atomic E-state index is -0.704. The standard InChI is InChI=1S/C22H22FNO6S/c1-2-29-22(28)20-15-4-3-5-17(15)31-21(20)24-18(26)12-30-19(27)11-10-16(25)13-6-8-14(23)9-7-13/h6-9H,2-5,10-12H2,1H3,(H,24,26). The molecule has 2 aromatic rings. The lowest BCUT2D eigenvalue weighted by Crippen LogP contribution is -2.22. The van der Waals surface area contributed by atoms with Crippen molar-refractivity contribution in [2.75, 3.05) is 18.5 Å². The second-order valence-corrected chi connectivity index (χ2v) is 8.03. The Morgan fingerprint density at radius 3 is 2.52 bits per heavy atom. The van der Waals surface area contributed by atoms with Crippen molar-refractivity contribution in [3.05, 3.63) is 51.7 Å². The third kappa shape index (κ3) is 5.75. The van der Waals surface area contributed by atoms with Gasteiger partial charge in [-0.15, -0.1) is 11.3 Å². The predicted molar refractivity (Wildman–Crippen MR) is 112 cm³/mol. The minimum absolute atomic E-state index is 0.114. The number of benzene rings is 1. The first-order valence-electron chi connectivity index (χ1n) is 9.95. The predicted octanol–water partition coefficient (Wildman–Crippen LogP) is 3.70. The van der Waals surface area contributed by atoms with Gasteiger partial charge in [-0.05, 0) is 56.0 Å². The molecular formula is C22H22FNO6S. The topological polar surface area (TPSA) is 98.8 Å². The number of thiophene rings is 1. The first-order chi connectivity index (χ1) is 14.9. The van der Waals surface area contributed by atoms with Gasteiger partial charge in [-0.2, -0.15) is 0 Å². The lowest BCUT2D eigenvalue weighted by Gasteiger charge is -2.08. The molecule has 9 heteroatoms. The van der Waals surface area contributed by atoms with Gasteiger partial charge in [-0.3, -0.25) is 14.4 Å². The van der Waals surface area contributed by atoms with Crippen LogP contribution in [0.25, 0.3) is 0 Å². The number of rotatable bonds is 9. The number of ether oxygens (including phenoxy) is 2. The molecule has 31 heavy (non-hydrogen) atoms. The Hall–Kier alpha value is -3.07. The van der Waals surface area contributed by atoms with E-state index in [0.29, 0.717) is 16.1 Å². The zero-order valence-corrected chi connectivity index (χ0v) is 17.8. The number of carbonyl (C=O) groups is 4. The maximum Gasteiger partial charge on any atom is 0.341 e. The van der Waals surface area contributed by atoms with Crippen molar-refractivity contribution in [2.24, 2.45) is 0 Å². The number of Topliss-reactive ketones (excluding diaryl/α,β-unsaturated/α-hetero) is 1. The molecule has 0 unspecified atom stereocenters. The molecule has 0 bridgehead atoms. The van der Waals surface area contributed by atoms with Crippen LogP contribution < -0.4 is 5.32 Å². The number of hydrogen-bond acceptors (Lipinski definition) is 7. The number of ketones is 1. The van der Waals surface area contributed by atoms with Crippen molar-refractivity contribution in [1.82, 2.24) is 0 Å². The first kappa shape index (κ1) is 22.6. The van der Waals surface area contributed by atoms with Crippen LogP contribution >= 0.6 is 11.3 Å². The number of amides is 1. The number of nitrogens with one attached hydrogen (secondary N) is 1. The maximum atomic E-state index is 12.9. The molecular weight excluding hydrogens is 425 g/mol. The number of fused-ring (bicyclic) bond motifs is 1. The van der Waals surface area contributed by atoms with Gasteiger partial charge in [0.25, 0.3) is 5.91 Å². The van der Waals surface area contributed by atoms with Gasteiger partial charge in [0.05, 0.1) is 18.6 Å². The van der Waals surface area contributed by atoms with Crippen LogP contribution in [-0.2, 0) is 31.9 Å². The normalized spacial score (nSPS) is 12.2. The highest BCUT2D eigenvalue weighted by molar-refractivity contribution is 7.17. The number of halogens is 1. The summed E-state index contributed by atoms with van der Waals surface area (Å²) in [6, 6.07) is 5.02. The largest absolute Gasteiger partial charge is 0.462 e. The Morgan fingerprint density at radius 1 is 1.06 bits per heavy atom. The van der Waals surface area contributed by atoms with E-state index in [1.165, 1.54) is 35.6 Å². The molecule has 0 saturated heterocycles. The lowest BCUT2D eigenvalue weighted by molar-refractivity contribution is -0.147. The average molecular weight is 447 g/mol. The number of hydrogen-bond donors (Lipinski definition) is 1. The van der Waals surface area contributed by atoms with E-state index in [2.05, 4.69) is 5.32 Å². The van der Waals surface area contributed by atoms with Crippen LogP contribution in [0.2, 0.25) is 0 Å². The molecule has 0 fully saturated rings. The van der Waals surface area contributed by atoms with Crippen LogP contribution in [0, 0.1) is 5.82 Å². The van der Waals surface area contributed by atoms with E-state index >= 15 is 0 Å². The number of carbonyl (C=O) groups excluding carboxylic acids is 4. The van der Waals surface area contributed by atoms with Gasteiger partial charge in [0, 0.05) is 16.9 Å². The highest BCUT2D eigenvalue weighted by Crippen LogP contribution is 2.39. The van der Waals surface area contributed by atoms with Gasteiger partial charge in [0.15, 0.2) is 12.4 Å². The highest BCUT2D eigenvalue weighted by atomic mass is 32.1. The van der Waals surface area contributed by atoms with Crippen molar-refractivity contribution >= 4 is 40.0 Å². The second kappa shape index (κ2) is 10.3. The summed E-state index contributed by atoms with van der Waals surface area (Å²) in [6.07, 6.45) is 2.24. The van der Waals surface area contributed by atoms with E-state index in [-0.39, 0.29) is 25.2 Å². The van der Waals surface area contributed by atoms with Crippen LogP contribution in [0.5, 0.6) is 0 Å². The molecule has 7 nitrogen and oxygen atoms in total. The van der Waals surface area contributed by atoms with Crippen LogP contribution in [0.3, 0.4) is 0 Å². The zero-order valence-electron chi connectivity index (χ0n) is 17.0. The second-order valence-electron chi connectivity index (χ2n) is 6.92. The third-order valence-corrected chi connectivity index (χ3v) is 5.95.